The van der Waals surface area contributed by atoms with Crippen LogP contribution in [0.4, 0.5) is 5.69 Å². The Bertz CT molecular complexity index is 999. The molecule has 0 aliphatic carbocycles. The van der Waals surface area contributed by atoms with Gasteiger partial charge in [0.15, 0.2) is 0 Å². The van der Waals surface area contributed by atoms with Crippen molar-refractivity contribution in [3.05, 3.63) is 22.2 Å². The van der Waals surface area contributed by atoms with Gasteiger partial charge in [0.2, 0.25) is 21.8 Å². The SMILES string of the molecule is CCC(=O)N1CCc2cc(Br)c(S(=O)(=O)N3CCC(C(=O)N4CCN(C)CC4)CC3)cc21. The number of rotatable bonds is 4. The van der Waals surface area contributed by atoms with Crippen LogP contribution in [0, 0.1) is 5.92 Å². The minimum Gasteiger partial charge on any atom is -0.340 e. The molecule has 32 heavy (non-hydrogen) atoms. The molecule has 3 aliphatic heterocycles. The fourth-order valence-electron chi connectivity index (χ4n) is 4.80. The smallest absolute Gasteiger partial charge is 0.244 e. The largest absolute Gasteiger partial charge is 0.340 e. The number of carbonyl (C=O) groups excluding carboxylic acids is 2. The maximum Gasteiger partial charge on any atom is 0.244 e. The molecule has 0 atom stereocenters. The highest BCUT2D eigenvalue weighted by Crippen LogP contribution is 2.37. The van der Waals surface area contributed by atoms with E-state index in [1.54, 1.807) is 11.0 Å². The number of benzene rings is 1. The monoisotopic (exact) mass is 526 g/mol. The van der Waals surface area contributed by atoms with Crippen LogP contribution in [-0.4, -0.2) is 87.2 Å². The van der Waals surface area contributed by atoms with Crippen molar-refractivity contribution in [2.24, 2.45) is 5.92 Å². The van der Waals surface area contributed by atoms with Crippen molar-refractivity contribution >= 4 is 43.5 Å². The predicted molar refractivity (Wildman–Crippen MR) is 126 cm³/mol. The number of hydrogen-bond donors (Lipinski definition) is 0. The molecule has 2 amide bonds. The number of piperidine rings is 1. The Morgan fingerprint density at radius 3 is 2.31 bits per heavy atom. The van der Waals surface area contributed by atoms with Crippen molar-refractivity contribution in [3.8, 4) is 0 Å². The van der Waals surface area contributed by atoms with Gasteiger partial charge in [-0.15, -0.1) is 0 Å². The summed E-state index contributed by atoms with van der Waals surface area (Å²) in [5.74, 6) is 0.0335. The summed E-state index contributed by atoms with van der Waals surface area (Å²) in [6.45, 7) is 6.28. The van der Waals surface area contributed by atoms with Gasteiger partial charge in [-0.3, -0.25) is 9.59 Å². The summed E-state index contributed by atoms with van der Waals surface area (Å²) in [6, 6.07) is 3.46. The highest BCUT2D eigenvalue weighted by molar-refractivity contribution is 9.10. The molecule has 0 radical (unpaired) electrons. The summed E-state index contributed by atoms with van der Waals surface area (Å²) in [4.78, 5) is 31.2. The second-order valence-electron chi connectivity index (χ2n) is 8.87. The number of piperazine rings is 1. The molecule has 1 aromatic carbocycles. The number of carbonyl (C=O) groups is 2. The first kappa shape index (κ1) is 23.7. The third-order valence-corrected chi connectivity index (χ3v) is 9.73. The Morgan fingerprint density at radius 1 is 1.03 bits per heavy atom. The van der Waals surface area contributed by atoms with E-state index in [0.29, 0.717) is 49.1 Å². The molecule has 176 valence electrons. The van der Waals surface area contributed by atoms with Gasteiger partial charge in [-0.05, 0) is 59.9 Å². The first-order valence-corrected chi connectivity index (χ1v) is 13.6. The van der Waals surface area contributed by atoms with E-state index in [1.165, 1.54) is 4.31 Å². The molecule has 3 aliphatic rings. The number of sulfonamides is 1. The molecule has 0 unspecified atom stereocenters. The first-order valence-electron chi connectivity index (χ1n) is 11.3. The number of amides is 2. The van der Waals surface area contributed by atoms with Crippen molar-refractivity contribution in [1.82, 2.24) is 14.1 Å². The van der Waals surface area contributed by atoms with Crippen LogP contribution in [0.15, 0.2) is 21.5 Å². The molecule has 0 aromatic heterocycles. The van der Waals surface area contributed by atoms with Gasteiger partial charge in [0.05, 0.1) is 4.90 Å². The van der Waals surface area contributed by atoms with E-state index < -0.39 is 10.0 Å². The molecule has 10 heteroatoms. The van der Waals surface area contributed by atoms with Crippen molar-refractivity contribution in [2.75, 3.05) is 57.8 Å². The Labute approximate surface area is 198 Å². The minimum atomic E-state index is -3.73. The number of likely N-dealkylation sites (N-methyl/N-ethyl adjacent to an activating group) is 1. The highest BCUT2D eigenvalue weighted by atomic mass is 79.9. The van der Waals surface area contributed by atoms with Gasteiger partial charge in [0, 0.05) is 68.3 Å². The topological polar surface area (TPSA) is 81.2 Å². The zero-order chi connectivity index (χ0) is 23.0. The lowest BCUT2D eigenvalue weighted by Gasteiger charge is -2.37. The first-order chi connectivity index (χ1) is 15.2. The highest BCUT2D eigenvalue weighted by Gasteiger charge is 2.36. The summed E-state index contributed by atoms with van der Waals surface area (Å²) >= 11 is 3.44. The Morgan fingerprint density at radius 2 is 1.69 bits per heavy atom. The van der Waals surface area contributed by atoms with Gasteiger partial charge in [0.1, 0.15) is 0 Å². The number of halogens is 1. The van der Waals surface area contributed by atoms with Crippen LogP contribution in [0.1, 0.15) is 31.7 Å². The number of nitrogens with zero attached hydrogens (tertiary/aromatic N) is 4. The molecule has 0 N–H and O–H groups in total. The van der Waals surface area contributed by atoms with Crippen LogP contribution in [0.2, 0.25) is 0 Å². The number of anilines is 1. The number of hydrogen-bond acceptors (Lipinski definition) is 5. The van der Waals surface area contributed by atoms with Crippen LogP contribution in [-0.2, 0) is 26.0 Å². The second kappa shape index (κ2) is 9.40. The van der Waals surface area contributed by atoms with E-state index in [0.717, 1.165) is 38.2 Å². The van der Waals surface area contributed by atoms with E-state index in [2.05, 4.69) is 27.9 Å². The second-order valence-corrected chi connectivity index (χ2v) is 11.6. The third kappa shape index (κ3) is 4.47. The van der Waals surface area contributed by atoms with Crippen molar-refractivity contribution in [1.29, 1.82) is 0 Å². The lowest BCUT2D eigenvalue weighted by Crippen LogP contribution is -2.51. The summed E-state index contributed by atoms with van der Waals surface area (Å²) in [6.07, 6.45) is 2.17. The Hall–Kier alpha value is -1.49. The molecule has 0 spiro atoms. The summed E-state index contributed by atoms with van der Waals surface area (Å²) in [7, 11) is -1.68. The zero-order valence-corrected chi connectivity index (χ0v) is 21.1. The van der Waals surface area contributed by atoms with Gasteiger partial charge < -0.3 is 14.7 Å². The molecular weight excluding hydrogens is 496 g/mol. The quantitative estimate of drug-likeness (QED) is 0.598. The summed E-state index contributed by atoms with van der Waals surface area (Å²) in [5.41, 5.74) is 1.67. The third-order valence-electron chi connectivity index (χ3n) is 6.87. The molecular formula is C22H31BrN4O4S. The van der Waals surface area contributed by atoms with Gasteiger partial charge in [-0.2, -0.15) is 4.31 Å². The van der Waals surface area contributed by atoms with E-state index in [1.807, 2.05) is 17.9 Å². The zero-order valence-electron chi connectivity index (χ0n) is 18.7. The molecule has 2 fully saturated rings. The van der Waals surface area contributed by atoms with E-state index >= 15 is 0 Å². The molecule has 3 heterocycles. The van der Waals surface area contributed by atoms with Crippen molar-refractivity contribution in [3.63, 3.8) is 0 Å². The van der Waals surface area contributed by atoms with Crippen molar-refractivity contribution in [2.45, 2.75) is 37.5 Å². The fraction of sp³-hybridized carbons (Fsp3) is 0.636. The fourth-order valence-corrected chi connectivity index (χ4v) is 7.34. The number of fused-ring (bicyclic) bond motifs is 1. The average molecular weight is 527 g/mol. The molecule has 4 rings (SSSR count). The predicted octanol–water partition coefficient (Wildman–Crippen LogP) is 1.92. The average Bonchev–Trinajstić information content (AvgIpc) is 3.20. The lowest BCUT2D eigenvalue weighted by atomic mass is 9.96. The molecule has 0 bridgehead atoms. The van der Waals surface area contributed by atoms with Crippen LogP contribution in [0.5, 0.6) is 0 Å². The summed E-state index contributed by atoms with van der Waals surface area (Å²) < 4.78 is 28.9. The van der Waals surface area contributed by atoms with E-state index in [-0.39, 0.29) is 22.6 Å². The molecule has 8 nitrogen and oxygen atoms in total. The van der Waals surface area contributed by atoms with Gasteiger partial charge in [-0.1, -0.05) is 6.92 Å². The summed E-state index contributed by atoms with van der Waals surface area (Å²) in [5, 5.41) is 0. The Kier molecular flexibility index (Phi) is 6.95. The van der Waals surface area contributed by atoms with Crippen LogP contribution < -0.4 is 4.90 Å². The van der Waals surface area contributed by atoms with E-state index in [4.69, 9.17) is 0 Å². The van der Waals surface area contributed by atoms with Crippen LogP contribution >= 0.6 is 15.9 Å². The molecule has 0 saturated carbocycles. The van der Waals surface area contributed by atoms with Crippen molar-refractivity contribution < 1.29 is 18.0 Å². The van der Waals surface area contributed by atoms with Gasteiger partial charge >= 0.3 is 0 Å². The minimum absolute atomic E-state index is 0.00217. The van der Waals surface area contributed by atoms with Gasteiger partial charge in [-0.25, -0.2) is 8.42 Å². The van der Waals surface area contributed by atoms with Crippen LogP contribution in [0.25, 0.3) is 0 Å². The molecule has 1 aromatic rings. The maximum atomic E-state index is 13.5. The van der Waals surface area contributed by atoms with E-state index in [9.17, 15) is 18.0 Å². The lowest BCUT2D eigenvalue weighted by molar-refractivity contribution is -0.138. The normalized spacial score (nSPS) is 21.1. The Balaban J connectivity index is 1.47. The van der Waals surface area contributed by atoms with Crippen LogP contribution in [0.3, 0.4) is 0 Å². The van der Waals surface area contributed by atoms with Gasteiger partial charge in [0.25, 0.3) is 0 Å². The maximum absolute atomic E-state index is 13.5. The molecule has 2 saturated heterocycles. The standard InChI is InChI=1S/C22H31BrN4O4S/c1-3-21(28)27-9-6-17-14-18(23)20(15-19(17)27)32(30,31)26-7-4-16(5-8-26)22(29)25-12-10-24(2)11-13-25/h14-16H,3-13H2,1-2H3.